The average molecular weight is 275 g/mol. The van der Waals surface area contributed by atoms with Crippen LogP contribution in [0.2, 0.25) is 0 Å². The zero-order chi connectivity index (χ0) is 14.1. The highest BCUT2D eigenvalue weighted by molar-refractivity contribution is 5.32. The molecule has 1 aliphatic carbocycles. The largest absolute Gasteiger partial charge is 0.388 e. The summed E-state index contributed by atoms with van der Waals surface area (Å²) in [7, 11) is 0. The predicted octanol–water partition coefficient (Wildman–Crippen LogP) is 1.90. The summed E-state index contributed by atoms with van der Waals surface area (Å²) in [6, 6.07) is 6.41. The standard InChI is InChI=1S/C15H18FN3O/c16-11-6-4-10(5-7-11)9-19-13-2-1-3-14(20)15(13)12(8-17)18-19/h4-7,14,20H,1-3,8-9,17H2. The minimum absolute atomic E-state index is 0.241. The maximum absolute atomic E-state index is 12.9. The summed E-state index contributed by atoms with van der Waals surface area (Å²) in [6.07, 6.45) is 2.16. The maximum Gasteiger partial charge on any atom is 0.123 e. The summed E-state index contributed by atoms with van der Waals surface area (Å²) >= 11 is 0. The number of hydrogen-bond acceptors (Lipinski definition) is 3. The van der Waals surface area contributed by atoms with Crippen molar-refractivity contribution in [2.24, 2.45) is 5.73 Å². The first-order valence-corrected chi connectivity index (χ1v) is 6.90. The highest BCUT2D eigenvalue weighted by atomic mass is 19.1. The molecule has 1 aliphatic rings. The first-order chi connectivity index (χ1) is 9.69. The third kappa shape index (κ3) is 2.34. The molecular weight excluding hydrogens is 257 g/mol. The summed E-state index contributed by atoms with van der Waals surface area (Å²) in [5, 5.41) is 14.6. The van der Waals surface area contributed by atoms with Crippen molar-refractivity contribution in [3.8, 4) is 0 Å². The van der Waals surface area contributed by atoms with Crippen LogP contribution in [0.4, 0.5) is 4.39 Å². The van der Waals surface area contributed by atoms with E-state index >= 15 is 0 Å². The van der Waals surface area contributed by atoms with Gasteiger partial charge in [0.1, 0.15) is 5.82 Å². The lowest BCUT2D eigenvalue weighted by Crippen LogP contribution is -2.14. The second-order valence-corrected chi connectivity index (χ2v) is 5.20. The zero-order valence-electron chi connectivity index (χ0n) is 11.2. The number of aliphatic hydroxyl groups is 1. The molecule has 4 nitrogen and oxygen atoms in total. The molecule has 5 heteroatoms. The normalized spacial score (nSPS) is 18.1. The first kappa shape index (κ1) is 13.3. The van der Waals surface area contributed by atoms with Crippen LogP contribution in [0.15, 0.2) is 24.3 Å². The SMILES string of the molecule is NCc1nn(Cc2ccc(F)cc2)c2c1C(O)CCC2. The Labute approximate surface area is 117 Å². The van der Waals surface area contributed by atoms with Gasteiger partial charge in [0.25, 0.3) is 0 Å². The smallest absolute Gasteiger partial charge is 0.123 e. The zero-order valence-corrected chi connectivity index (χ0v) is 11.2. The number of rotatable bonds is 3. The monoisotopic (exact) mass is 275 g/mol. The van der Waals surface area contributed by atoms with E-state index in [4.69, 9.17) is 5.73 Å². The van der Waals surface area contributed by atoms with E-state index in [0.29, 0.717) is 13.1 Å². The predicted molar refractivity (Wildman–Crippen MR) is 73.5 cm³/mol. The van der Waals surface area contributed by atoms with Crippen LogP contribution >= 0.6 is 0 Å². The Bertz CT molecular complexity index is 606. The van der Waals surface area contributed by atoms with Crippen LogP contribution in [0.1, 0.15) is 41.5 Å². The summed E-state index contributed by atoms with van der Waals surface area (Å²) in [6.45, 7) is 0.908. The molecule has 0 fully saturated rings. The highest BCUT2D eigenvalue weighted by Gasteiger charge is 2.26. The Hall–Kier alpha value is -1.72. The van der Waals surface area contributed by atoms with Crippen LogP contribution in [0.5, 0.6) is 0 Å². The van der Waals surface area contributed by atoms with Crippen LogP contribution in [0.25, 0.3) is 0 Å². The number of aromatic nitrogens is 2. The number of hydrogen-bond donors (Lipinski definition) is 2. The molecule has 1 aromatic heterocycles. The molecule has 2 aromatic rings. The molecule has 1 aromatic carbocycles. The number of nitrogens with two attached hydrogens (primary N) is 1. The Morgan fingerprint density at radius 2 is 2.10 bits per heavy atom. The fourth-order valence-corrected chi connectivity index (χ4v) is 2.87. The van der Waals surface area contributed by atoms with Gasteiger partial charge in [-0.3, -0.25) is 4.68 Å². The van der Waals surface area contributed by atoms with Crippen molar-refractivity contribution in [1.29, 1.82) is 0 Å². The van der Waals surface area contributed by atoms with Gasteiger partial charge in [-0.1, -0.05) is 12.1 Å². The van der Waals surface area contributed by atoms with Crippen molar-refractivity contribution in [3.05, 3.63) is 52.6 Å². The fourth-order valence-electron chi connectivity index (χ4n) is 2.87. The van der Waals surface area contributed by atoms with E-state index in [1.165, 1.54) is 12.1 Å². The third-order valence-corrected chi connectivity index (χ3v) is 3.84. The summed E-state index contributed by atoms with van der Waals surface area (Å²) in [5.74, 6) is -0.241. The van der Waals surface area contributed by atoms with E-state index in [1.807, 2.05) is 4.68 Å². The van der Waals surface area contributed by atoms with Gasteiger partial charge in [-0.05, 0) is 37.0 Å². The second kappa shape index (κ2) is 5.34. The molecule has 1 heterocycles. The highest BCUT2D eigenvalue weighted by Crippen LogP contribution is 2.32. The molecule has 0 saturated carbocycles. The van der Waals surface area contributed by atoms with Gasteiger partial charge in [-0.15, -0.1) is 0 Å². The van der Waals surface area contributed by atoms with Crippen LogP contribution in [0, 0.1) is 5.82 Å². The number of benzene rings is 1. The summed E-state index contributed by atoms with van der Waals surface area (Å²) in [5.41, 5.74) is 9.45. The Kier molecular flexibility index (Phi) is 3.54. The molecule has 0 bridgehead atoms. The molecule has 20 heavy (non-hydrogen) atoms. The van der Waals surface area contributed by atoms with Crippen molar-refractivity contribution in [3.63, 3.8) is 0 Å². The van der Waals surface area contributed by atoms with Crippen LogP contribution in [-0.2, 0) is 19.5 Å². The van der Waals surface area contributed by atoms with Crippen molar-refractivity contribution in [2.75, 3.05) is 0 Å². The van der Waals surface area contributed by atoms with E-state index in [-0.39, 0.29) is 5.82 Å². The van der Waals surface area contributed by atoms with E-state index in [0.717, 1.165) is 41.8 Å². The molecule has 0 radical (unpaired) electrons. The quantitative estimate of drug-likeness (QED) is 0.899. The van der Waals surface area contributed by atoms with Gasteiger partial charge in [-0.25, -0.2) is 4.39 Å². The molecule has 106 valence electrons. The minimum atomic E-state index is -0.459. The van der Waals surface area contributed by atoms with Crippen LogP contribution in [0.3, 0.4) is 0 Å². The molecule has 0 amide bonds. The van der Waals surface area contributed by atoms with Gasteiger partial charge < -0.3 is 10.8 Å². The fraction of sp³-hybridized carbons (Fsp3) is 0.400. The topological polar surface area (TPSA) is 64.1 Å². The van der Waals surface area contributed by atoms with Crippen LogP contribution < -0.4 is 5.73 Å². The van der Waals surface area contributed by atoms with E-state index in [2.05, 4.69) is 5.10 Å². The number of fused-ring (bicyclic) bond motifs is 1. The number of halogens is 1. The molecule has 0 spiro atoms. The lowest BCUT2D eigenvalue weighted by atomic mass is 9.93. The molecule has 1 atom stereocenters. The Morgan fingerprint density at radius 3 is 2.80 bits per heavy atom. The van der Waals surface area contributed by atoms with E-state index in [1.54, 1.807) is 12.1 Å². The van der Waals surface area contributed by atoms with Gasteiger partial charge in [0.2, 0.25) is 0 Å². The second-order valence-electron chi connectivity index (χ2n) is 5.20. The molecule has 3 N–H and O–H groups in total. The van der Waals surface area contributed by atoms with Gasteiger partial charge in [0.05, 0.1) is 18.3 Å². The lowest BCUT2D eigenvalue weighted by Gasteiger charge is -2.19. The van der Waals surface area contributed by atoms with Gasteiger partial charge >= 0.3 is 0 Å². The number of nitrogens with zero attached hydrogens (tertiary/aromatic N) is 2. The van der Waals surface area contributed by atoms with Crippen molar-refractivity contribution < 1.29 is 9.50 Å². The van der Waals surface area contributed by atoms with Gasteiger partial charge in [0, 0.05) is 17.8 Å². The molecule has 0 saturated heterocycles. The van der Waals surface area contributed by atoms with Crippen LogP contribution in [-0.4, -0.2) is 14.9 Å². The first-order valence-electron chi connectivity index (χ1n) is 6.90. The number of aliphatic hydroxyl groups excluding tert-OH is 1. The molecule has 0 aliphatic heterocycles. The molecular formula is C15H18FN3O. The maximum atomic E-state index is 12.9. The molecule has 1 unspecified atom stereocenters. The van der Waals surface area contributed by atoms with Crippen molar-refractivity contribution in [2.45, 2.75) is 38.5 Å². The Morgan fingerprint density at radius 1 is 1.35 bits per heavy atom. The lowest BCUT2D eigenvalue weighted by molar-refractivity contribution is 0.155. The van der Waals surface area contributed by atoms with Gasteiger partial charge in [-0.2, -0.15) is 5.10 Å². The average Bonchev–Trinajstić information content (AvgIpc) is 2.81. The Balaban J connectivity index is 1.95. The minimum Gasteiger partial charge on any atom is -0.388 e. The molecule has 3 rings (SSSR count). The van der Waals surface area contributed by atoms with Crippen molar-refractivity contribution >= 4 is 0 Å². The van der Waals surface area contributed by atoms with E-state index < -0.39 is 6.10 Å². The summed E-state index contributed by atoms with van der Waals surface area (Å²) < 4.78 is 14.8. The third-order valence-electron chi connectivity index (χ3n) is 3.84. The summed E-state index contributed by atoms with van der Waals surface area (Å²) in [4.78, 5) is 0. The van der Waals surface area contributed by atoms with Crippen molar-refractivity contribution in [1.82, 2.24) is 9.78 Å². The van der Waals surface area contributed by atoms with E-state index in [9.17, 15) is 9.50 Å². The van der Waals surface area contributed by atoms with Gasteiger partial charge in [0.15, 0.2) is 0 Å².